The van der Waals surface area contributed by atoms with Crippen molar-refractivity contribution in [2.75, 3.05) is 0 Å². The van der Waals surface area contributed by atoms with Gasteiger partial charge in [-0.1, -0.05) is 56.3 Å². The third-order valence-corrected chi connectivity index (χ3v) is 3.67. The molecule has 90 valence electrons. The van der Waals surface area contributed by atoms with Crippen LogP contribution in [0.25, 0.3) is 0 Å². The van der Waals surface area contributed by atoms with Gasteiger partial charge in [-0.05, 0) is 29.0 Å². The fourth-order valence-corrected chi connectivity index (χ4v) is 2.76. The molecule has 1 aliphatic rings. The molecule has 0 unspecified atom stereocenters. The number of rotatable bonds is 1. The van der Waals surface area contributed by atoms with E-state index < -0.39 is 0 Å². The van der Waals surface area contributed by atoms with Crippen LogP contribution in [0.15, 0.2) is 42.5 Å². The van der Waals surface area contributed by atoms with Crippen LogP contribution in [-0.2, 0) is 6.42 Å². The van der Waals surface area contributed by atoms with Gasteiger partial charge < -0.3 is 0 Å². The number of benzene rings is 2. The number of ketones is 1. The number of carbonyl (C=O) groups excluding carboxylic acids is 1. The van der Waals surface area contributed by atoms with E-state index in [-0.39, 0.29) is 5.78 Å². The van der Waals surface area contributed by atoms with Crippen LogP contribution in [0.5, 0.6) is 0 Å². The monoisotopic (exact) mass is 236 g/mol. The van der Waals surface area contributed by atoms with Crippen molar-refractivity contribution in [2.45, 2.75) is 26.2 Å². The third-order valence-electron chi connectivity index (χ3n) is 3.67. The lowest BCUT2D eigenvalue weighted by molar-refractivity contribution is 0.103. The van der Waals surface area contributed by atoms with Crippen molar-refractivity contribution in [3.05, 3.63) is 70.3 Å². The highest BCUT2D eigenvalue weighted by atomic mass is 16.1. The number of hydrogen-bond acceptors (Lipinski definition) is 1. The van der Waals surface area contributed by atoms with Gasteiger partial charge in [0.1, 0.15) is 0 Å². The van der Waals surface area contributed by atoms with Crippen molar-refractivity contribution >= 4 is 5.78 Å². The normalized spacial score (nSPS) is 13.4. The molecule has 0 N–H and O–H groups in total. The van der Waals surface area contributed by atoms with Crippen LogP contribution in [0.4, 0.5) is 0 Å². The molecule has 0 spiro atoms. The Balaban J connectivity index is 2.23. The second-order valence-electron chi connectivity index (χ2n) is 5.20. The molecule has 0 aromatic heterocycles. The van der Waals surface area contributed by atoms with Gasteiger partial charge in [-0.2, -0.15) is 0 Å². The predicted molar refractivity (Wildman–Crippen MR) is 73.2 cm³/mol. The van der Waals surface area contributed by atoms with Crippen molar-refractivity contribution in [1.29, 1.82) is 0 Å². The summed E-state index contributed by atoms with van der Waals surface area (Å²) in [5.74, 6) is 0.574. The van der Waals surface area contributed by atoms with Gasteiger partial charge in [-0.3, -0.25) is 4.79 Å². The fraction of sp³-hybridized carbons (Fsp3) is 0.235. The van der Waals surface area contributed by atoms with Crippen LogP contribution in [0.3, 0.4) is 0 Å². The lowest BCUT2D eigenvalue weighted by Crippen LogP contribution is -2.17. The fourth-order valence-electron chi connectivity index (χ4n) is 2.76. The largest absolute Gasteiger partial charge is 0.289 e. The molecule has 1 heteroatoms. The molecule has 1 nitrogen and oxygen atoms in total. The SMILES string of the molecule is CC(C)c1cccc2c1C(=O)c1ccccc1C2. The minimum absolute atomic E-state index is 0.191. The van der Waals surface area contributed by atoms with E-state index in [1.807, 2.05) is 18.2 Å². The quantitative estimate of drug-likeness (QED) is 0.625. The van der Waals surface area contributed by atoms with E-state index in [9.17, 15) is 4.79 Å². The molecule has 0 radical (unpaired) electrons. The summed E-state index contributed by atoms with van der Waals surface area (Å²) in [4.78, 5) is 12.6. The smallest absolute Gasteiger partial charge is 0.193 e. The molecule has 3 rings (SSSR count). The van der Waals surface area contributed by atoms with Gasteiger partial charge in [0.05, 0.1) is 0 Å². The molecule has 18 heavy (non-hydrogen) atoms. The number of hydrogen-bond donors (Lipinski definition) is 0. The second kappa shape index (κ2) is 4.09. The summed E-state index contributed by atoms with van der Waals surface area (Å²) < 4.78 is 0. The Morgan fingerprint density at radius 1 is 0.944 bits per heavy atom. The third kappa shape index (κ3) is 1.59. The Morgan fingerprint density at radius 3 is 2.44 bits per heavy atom. The minimum Gasteiger partial charge on any atom is -0.289 e. The lowest BCUT2D eigenvalue weighted by Gasteiger charge is -2.22. The lowest BCUT2D eigenvalue weighted by atomic mass is 9.80. The average Bonchev–Trinajstić information content (AvgIpc) is 2.38. The maximum absolute atomic E-state index is 12.6. The topological polar surface area (TPSA) is 17.1 Å². The average molecular weight is 236 g/mol. The van der Waals surface area contributed by atoms with Gasteiger partial charge in [0.25, 0.3) is 0 Å². The zero-order valence-corrected chi connectivity index (χ0v) is 10.7. The summed E-state index contributed by atoms with van der Waals surface area (Å²) in [5, 5.41) is 0. The predicted octanol–water partition coefficient (Wildman–Crippen LogP) is 3.95. The first kappa shape index (κ1) is 11.2. The summed E-state index contributed by atoms with van der Waals surface area (Å²) >= 11 is 0. The molecule has 0 saturated carbocycles. The second-order valence-corrected chi connectivity index (χ2v) is 5.20. The molecule has 0 amide bonds. The molecule has 2 aromatic carbocycles. The molecule has 0 aliphatic heterocycles. The zero-order valence-electron chi connectivity index (χ0n) is 10.7. The first-order valence-electron chi connectivity index (χ1n) is 6.43. The highest BCUT2D eigenvalue weighted by molar-refractivity contribution is 6.13. The Hall–Kier alpha value is -1.89. The van der Waals surface area contributed by atoms with Crippen molar-refractivity contribution in [3.8, 4) is 0 Å². The summed E-state index contributed by atoms with van der Waals surface area (Å²) in [5.41, 5.74) is 5.30. The molecule has 1 aliphatic carbocycles. The van der Waals surface area contributed by atoms with Gasteiger partial charge in [0, 0.05) is 11.1 Å². The van der Waals surface area contributed by atoms with Crippen molar-refractivity contribution in [3.63, 3.8) is 0 Å². The first-order chi connectivity index (χ1) is 8.68. The maximum Gasteiger partial charge on any atom is 0.193 e. The standard InChI is InChI=1S/C17H16O/c1-11(2)14-9-5-7-13-10-12-6-3-4-8-15(12)17(18)16(13)14/h3-9,11H,10H2,1-2H3. The Morgan fingerprint density at radius 2 is 1.67 bits per heavy atom. The van der Waals surface area contributed by atoms with Crippen LogP contribution in [0, 0.1) is 0 Å². The molecule has 0 saturated heterocycles. The van der Waals surface area contributed by atoms with Gasteiger partial charge in [-0.15, -0.1) is 0 Å². The van der Waals surface area contributed by atoms with E-state index in [0.717, 1.165) is 23.1 Å². The van der Waals surface area contributed by atoms with Crippen LogP contribution in [0.1, 0.15) is 52.4 Å². The highest BCUT2D eigenvalue weighted by Crippen LogP contribution is 2.32. The minimum atomic E-state index is 0.191. The molecule has 0 fully saturated rings. The molecular weight excluding hydrogens is 220 g/mol. The number of fused-ring (bicyclic) bond motifs is 2. The summed E-state index contributed by atoms with van der Waals surface area (Å²) in [6.45, 7) is 4.28. The molecular formula is C17H16O. The molecule has 2 aromatic rings. The van der Waals surface area contributed by atoms with Gasteiger partial charge in [0.2, 0.25) is 0 Å². The Kier molecular flexibility index (Phi) is 2.55. The van der Waals surface area contributed by atoms with Crippen molar-refractivity contribution < 1.29 is 4.79 Å². The van der Waals surface area contributed by atoms with Gasteiger partial charge in [-0.25, -0.2) is 0 Å². The molecule has 0 heterocycles. The summed E-state index contributed by atoms with van der Waals surface area (Å²) in [6, 6.07) is 14.2. The Labute approximate surface area is 107 Å². The van der Waals surface area contributed by atoms with E-state index in [1.165, 1.54) is 11.1 Å². The van der Waals surface area contributed by atoms with E-state index in [1.54, 1.807) is 0 Å². The van der Waals surface area contributed by atoms with E-state index >= 15 is 0 Å². The van der Waals surface area contributed by atoms with E-state index in [0.29, 0.717) is 5.92 Å². The zero-order chi connectivity index (χ0) is 12.7. The van der Waals surface area contributed by atoms with Crippen molar-refractivity contribution in [2.24, 2.45) is 0 Å². The van der Waals surface area contributed by atoms with Crippen LogP contribution < -0.4 is 0 Å². The van der Waals surface area contributed by atoms with Crippen molar-refractivity contribution in [1.82, 2.24) is 0 Å². The van der Waals surface area contributed by atoms with Gasteiger partial charge >= 0.3 is 0 Å². The summed E-state index contributed by atoms with van der Waals surface area (Å²) in [6.07, 6.45) is 0.873. The molecule has 0 bridgehead atoms. The van der Waals surface area contributed by atoms with E-state index in [2.05, 4.69) is 38.1 Å². The highest BCUT2D eigenvalue weighted by Gasteiger charge is 2.25. The van der Waals surface area contributed by atoms with Crippen LogP contribution >= 0.6 is 0 Å². The van der Waals surface area contributed by atoms with Crippen LogP contribution in [-0.4, -0.2) is 5.78 Å². The summed E-state index contributed by atoms with van der Waals surface area (Å²) in [7, 11) is 0. The number of carbonyl (C=O) groups is 1. The van der Waals surface area contributed by atoms with Crippen LogP contribution in [0.2, 0.25) is 0 Å². The molecule has 0 atom stereocenters. The van der Waals surface area contributed by atoms with Gasteiger partial charge in [0.15, 0.2) is 5.78 Å². The van der Waals surface area contributed by atoms with E-state index in [4.69, 9.17) is 0 Å². The maximum atomic E-state index is 12.6. The first-order valence-corrected chi connectivity index (χ1v) is 6.43. The Bertz CT molecular complexity index is 623.